The minimum absolute atomic E-state index is 0.161. The highest BCUT2D eigenvalue weighted by Crippen LogP contribution is 2.32. The van der Waals surface area contributed by atoms with Crippen LogP contribution < -0.4 is 0 Å². The topological polar surface area (TPSA) is 73.4 Å². The molecule has 0 aliphatic carbocycles. The van der Waals surface area contributed by atoms with E-state index in [2.05, 4.69) is 4.98 Å². The maximum atomic E-state index is 12.2. The Morgan fingerprint density at radius 2 is 2.24 bits per heavy atom. The normalized spacial score (nSPS) is 25.9. The lowest BCUT2D eigenvalue weighted by Crippen LogP contribution is -2.50. The lowest BCUT2D eigenvalue weighted by atomic mass is 9.81. The molecular weight excluding hydrogens is 240 g/mol. The zero-order valence-corrected chi connectivity index (χ0v) is 10.9. The summed E-state index contributed by atoms with van der Waals surface area (Å²) >= 11 is 0. The van der Waals surface area contributed by atoms with Crippen LogP contribution in [-0.4, -0.2) is 42.0 Å². The van der Waals surface area contributed by atoms with Gasteiger partial charge in [0.15, 0.2) is 0 Å². The second-order valence-corrected chi connectivity index (χ2v) is 7.06. The maximum absolute atomic E-state index is 12.2. The van der Waals surface area contributed by atoms with E-state index in [1.54, 1.807) is 12.3 Å². The van der Waals surface area contributed by atoms with Gasteiger partial charge in [0, 0.05) is 19.3 Å². The third-order valence-corrected chi connectivity index (χ3v) is 5.29. The average molecular weight is 258 g/mol. The summed E-state index contributed by atoms with van der Waals surface area (Å²) in [6.07, 6.45) is 1.62. The van der Waals surface area contributed by atoms with Crippen LogP contribution in [0.4, 0.5) is 0 Å². The fourth-order valence-electron chi connectivity index (χ4n) is 1.94. The smallest absolute Gasteiger partial charge is 0.258 e. The molecule has 0 aromatic carbocycles. The molecule has 1 aromatic heterocycles. The van der Waals surface area contributed by atoms with Crippen molar-refractivity contribution < 1.29 is 13.5 Å². The first-order valence-corrected chi connectivity index (χ1v) is 7.10. The molecule has 0 bridgehead atoms. The van der Waals surface area contributed by atoms with Crippen molar-refractivity contribution >= 4 is 10.0 Å². The van der Waals surface area contributed by atoms with Gasteiger partial charge < -0.3 is 10.1 Å². The number of aromatic nitrogens is 1. The SMILES string of the molecule is CC1(C)CCN(S(=O)(=O)c2ccc[nH]2)CC1O. The van der Waals surface area contributed by atoms with Crippen molar-refractivity contribution in [3.05, 3.63) is 18.3 Å². The molecule has 1 saturated heterocycles. The van der Waals surface area contributed by atoms with E-state index in [1.165, 1.54) is 10.4 Å². The zero-order valence-electron chi connectivity index (χ0n) is 10.0. The van der Waals surface area contributed by atoms with Crippen LogP contribution in [0.5, 0.6) is 0 Å². The number of hydrogen-bond acceptors (Lipinski definition) is 3. The fourth-order valence-corrected chi connectivity index (χ4v) is 3.36. The zero-order chi connectivity index (χ0) is 12.7. The van der Waals surface area contributed by atoms with Gasteiger partial charge in [-0.2, -0.15) is 4.31 Å². The summed E-state index contributed by atoms with van der Waals surface area (Å²) in [5.41, 5.74) is -0.220. The van der Waals surface area contributed by atoms with Gasteiger partial charge in [-0.3, -0.25) is 0 Å². The molecule has 5 nitrogen and oxygen atoms in total. The molecule has 1 fully saturated rings. The Labute approximate surface area is 102 Å². The summed E-state index contributed by atoms with van der Waals surface area (Å²) in [6, 6.07) is 3.18. The monoisotopic (exact) mass is 258 g/mol. The summed E-state index contributed by atoms with van der Waals surface area (Å²) in [5.74, 6) is 0. The highest BCUT2D eigenvalue weighted by atomic mass is 32.2. The van der Waals surface area contributed by atoms with Gasteiger partial charge in [-0.25, -0.2) is 8.42 Å². The Kier molecular flexibility index (Phi) is 3.05. The first kappa shape index (κ1) is 12.6. The van der Waals surface area contributed by atoms with E-state index in [1.807, 2.05) is 13.8 Å². The third-order valence-electron chi connectivity index (χ3n) is 3.47. The summed E-state index contributed by atoms with van der Waals surface area (Å²) in [7, 11) is -3.48. The van der Waals surface area contributed by atoms with Crippen molar-refractivity contribution in [1.29, 1.82) is 0 Å². The molecule has 0 amide bonds. The number of nitrogens with zero attached hydrogens (tertiary/aromatic N) is 1. The van der Waals surface area contributed by atoms with Gasteiger partial charge in [-0.05, 0) is 24.0 Å². The molecule has 1 atom stereocenters. The first-order valence-electron chi connectivity index (χ1n) is 5.66. The third kappa shape index (κ3) is 2.25. The van der Waals surface area contributed by atoms with Gasteiger partial charge in [-0.1, -0.05) is 13.8 Å². The Balaban J connectivity index is 2.21. The number of hydrogen-bond donors (Lipinski definition) is 2. The Morgan fingerprint density at radius 3 is 2.76 bits per heavy atom. The summed E-state index contributed by atoms with van der Waals surface area (Å²) < 4.78 is 25.7. The van der Waals surface area contributed by atoms with Crippen LogP contribution in [0.25, 0.3) is 0 Å². The van der Waals surface area contributed by atoms with Crippen LogP contribution in [0.15, 0.2) is 23.4 Å². The Bertz CT molecular complexity index is 479. The molecule has 2 heterocycles. The molecule has 2 rings (SSSR count). The van der Waals surface area contributed by atoms with Crippen molar-refractivity contribution in [3.63, 3.8) is 0 Å². The van der Waals surface area contributed by atoms with Crippen molar-refractivity contribution in [3.8, 4) is 0 Å². The molecular formula is C11H18N2O3S. The molecule has 6 heteroatoms. The van der Waals surface area contributed by atoms with E-state index in [-0.39, 0.29) is 17.0 Å². The lowest BCUT2D eigenvalue weighted by molar-refractivity contribution is -0.000752. The van der Waals surface area contributed by atoms with E-state index < -0.39 is 16.1 Å². The van der Waals surface area contributed by atoms with E-state index >= 15 is 0 Å². The van der Waals surface area contributed by atoms with Crippen molar-refractivity contribution in [2.45, 2.75) is 31.4 Å². The summed E-state index contributed by atoms with van der Waals surface area (Å²) in [6.45, 7) is 4.52. The van der Waals surface area contributed by atoms with Gasteiger partial charge in [0.25, 0.3) is 10.0 Å². The predicted molar refractivity (Wildman–Crippen MR) is 64.0 cm³/mol. The van der Waals surface area contributed by atoms with Gasteiger partial charge in [-0.15, -0.1) is 0 Å². The van der Waals surface area contributed by atoms with Crippen LogP contribution in [0.1, 0.15) is 20.3 Å². The van der Waals surface area contributed by atoms with E-state index in [4.69, 9.17) is 0 Å². The molecule has 96 valence electrons. The van der Waals surface area contributed by atoms with Crippen LogP contribution in [0.2, 0.25) is 0 Å². The van der Waals surface area contributed by atoms with E-state index in [9.17, 15) is 13.5 Å². The second kappa shape index (κ2) is 4.12. The number of nitrogens with one attached hydrogen (secondary N) is 1. The highest BCUT2D eigenvalue weighted by molar-refractivity contribution is 7.89. The van der Waals surface area contributed by atoms with Gasteiger partial charge in [0.2, 0.25) is 0 Å². The molecule has 17 heavy (non-hydrogen) atoms. The Morgan fingerprint density at radius 1 is 1.53 bits per heavy atom. The maximum Gasteiger partial charge on any atom is 0.258 e. The van der Waals surface area contributed by atoms with E-state index in [0.717, 1.165) is 0 Å². The average Bonchev–Trinajstić information content (AvgIpc) is 2.75. The summed E-state index contributed by atoms with van der Waals surface area (Å²) in [4.78, 5) is 2.70. The molecule has 0 spiro atoms. The van der Waals surface area contributed by atoms with Gasteiger partial charge in [0.1, 0.15) is 5.03 Å². The number of aliphatic hydroxyl groups excluding tert-OH is 1. The van der Waals surface area contributed by atoms with Gasteiger partial charge >= 0.3 is 0 Å². The number of piperidine rings is 1. The Hall–Kier alpha value is -0.850. The molecule has 1 unspecified atom stereocenters. The minimum Gasteiger partial charge on any atom is -0.391 e. The van der Waals surface area contributed by atoms with Crippen LogP contribution in [0, 0.1) is 5.41 Å². The molecule has 1 aliphatic heterocycles. The number of sulfonamides is 1. The van der Waals surface area contributed by atoms with Gasteiger partial charge in [0.05, 0.1) is 6.10 Å². The first-order chi connectivity index (χ1) is 7.84. The number of aliphatic hydroxyl groups is 1. The molecule has 2 N–H and O–H groups in total. The minimum atomic E-state index is -3.48. The van der Waals surface area contributed by atoms with Crippen LogP contribution >= 0.6 is 0 Å². The van der Waals surface area contributed by atoms with Crippen molar-refractivity contribution in [2.75, 3.05) is 13.1 Å². The van der Waals surface area contributed by atoms with E-state index in [0.29, 0.717) is 13.0 Å². The van der Waals surface area contributed by atoms with Crippen molar-refractivity contribution in [1.82, 2.24) is 9.29 Å². The highest BCUT2D eigenvalue weighted by Gasteiger charge is 2.39. The predicted octanol–water partition coefficient (Wildman–Crippen LogP) is 0.796. The number of aromatic amines is 1. The van der Waals surface area contributed by atoms with Crippen LogP contribution in [-0.2, 0) is 10.0 Å². The number of β-amino-alcohol motifs (C(OH)–C–C–N with tert-alkyl or cyclic N) is 1. The summed E-state index contributed by atoms with van der Waals surface area (Å²) in [5, 5.41) is 10.1. The lowest BCUT2D eigenvalue weighted by Gasteiger charge is -2.40. The largest absolute Gasteiger partial charge is 0.391 e. The second-order valence-electron chi connectivity index (χ2n) is 5.15. The number of rotatable bonds is 2. The molecule has 0 radical (unpaired) electrons. The fraction of sp³-hybridized carbons (Fsp3) is 0.636. The molecule has 1 aromatic rings. The molecule has 1 aliphatic rings. The van der Waals surface area contributed by atoms with Crippen LogP contribution in [0.3, 0.4) is 0 Å². The molecule has 0 saturated carbocycles. The standard InChI is InChI=1S/C11H18N2O3S/c1-11(2)5-7-13(8-9(11)14)17(15,16)10-4-3-6-12-10/h3-4,6,9,12,14H,5,7-8H2,1-2H3. The quantitative estimate of drug-likeness (QED) is 0.824. The number of H-pyrrole nitrogens is 1. The van der Waals surface area contributed by atoms with Crippen molar-refractivity contribution in [2.24, 2.45) is 5.41 Å².